The molecule has 0 saturated heterocycles. The molecule has 0 aromatic heterocycles. The van der Waals surface area contributed by atoms with Crippen molar-refractivity contribution in [1.29, 1.82) is 0 Å². The van der Waals surface area contributed by atoms with Crippen LogP contribution in [0.25, 0.3) is 0 Å². The van der Waals surface area contributed by atoms with E-state index in [1.54, 1.807) is 54.6 Å². The molecule has 244 valence electrons. The van der Waals surface area contributed by atoms with Crippen LogP contribution >= 0.6 is 0 Å². The zero-order valence-corrected chi connectivity index (χ0v) is 27.7. The molecule has 12 heteroatoms. The highest BCUT2D eigenvalue weighted by Gasteiger charge is 2.21. The number of carboxylic acids is 1. The molecule has 0 aliphatic heterocycles. The lowest BCUT2D eigenvalue weighted by atomic mass is 10.1. The Hall–Kier alpha value is -5.07. The van der Waals surface area contributed by atoms with Gasteiger partial charge >= 0.3 is 5.97 Å². The molecule has 0 fully saturated rings. The second kappa shape index (κ2) is 13.7. The second-order valence-corrected chi connectivity index (χ2v) is 14.6. The number of aromatic carboxylic acids is 1. The van der Waals surface area contributed by atoms with Crippen molar-refractivity contribution in [3.63, 3.8) is 0 Å². The van der Waals surface area contributed by atoms with Gasteiger partial charge in [0.25, 0.3) is 20.0 Å². The van der Waals surface area contributed by atoms with E-state index in [1.165, 1.54) is 30.3 Å². The summed E-state index contributed by atoms with van der Waals surface area (Å²) >= 11 is 0. The average Bonchev–Trinajstić information content (AvgIpc) is 3.03. The van der Waals surface area contributed by atoms with E-state index in [4.69, 9.17) is 4.74 Å². The maximum Gasteiger partial charge on any atom is 0.337 e. The molecule has 0 amide bonds. The fourth-order valence-electron chi connectivity index (χ4n) is 4.95. The van der Waals surface area contributed by atoms with E-state index in [-0.39, 0.29) is 26.8 Å². The molecular formula is C35H35N3O7S2. The van der Waals surface area contributed by atoms with Gasteiger partial charge in [0.15, 0.2) is 0 Å². The molecule has 3 N–H and O–H groups in total. The van der Waals surface area contributed by atoms with Gasteiger partial charge in [0.05, 0.1) is 32.4 Å². The SMILES string of the molecule is Cc1ccc(S(=O)(=O)Nc2ccc(Oc3ccc(NS(=O)(=O)c4ccc(C)cc4)c(N(C)CC4=CCCC=C4)c3)cc2C(=O)O)cc1. The summed E-state index contributed by atoms with van der Waals surface area (Å²) in [5, 5.41) is 9.91. The van der Waals surface area contributed by atoms with Crippen molar-refractivity contribution in [3.05, 3.63) is 125 Å². The number of hydrogen-bond donors (Lipinski definition) is 3. The number of benzene rings is 4. The van der Waals surface area contributed by atoms with Crippen molar-refractivity contribution in [2.45, 2.75) is 36.5 Å². The number of nitrogens with zero attached hydrogens (tertiary/aromatic N) is 1. The fraction of sp³-hybridized carbons (Fsp3) is 0.171. The number of carbonyl (C=O) groups is 1. The molecule has 1 aliphatic rings. The van der Waals surface area contributed by atoms with Gasteiger partial charge in [0.1, 0.15) is 11.5 Å². The highest BCUT2D eigenvalue weighted by Crippen LogP contribution is 2.35. The quantitative estimate of drug-likeness (QED) is 0.145. The summed E-state index contributed by atoms with van der Waals surface area (Å²) in [4.78, 5) is 14.2. The Morgan fingerprint density at radius 3 is 1.83 bits per heavy atom. The first-order valence-corrected chi connectivity index (χ1v) is 17.7. The Morgan fingerprint density at radius 2 is 1.30 bits per heavy atom. The van der Waals surface area contributed by atoms with E-state index in [0.29, 0.717) is 23.7 Å². The smallest absolute Gasteiger partial charge is 0.337 e. The number of nitrogens with one attached hydrogen (secondary N) is 2. The number of aryl methyl sites for hydroxylation is 2. The van der Waals surface area contributed by atoms with Crippen LogP contribution in [0.15, 0.2) is 119 Å². The number of sulfonamides is 2. The summed E-state index contributed by atoms with van der Waals surface area (Å²) in [7, 11) is -6.13. The van der Waals surface area contributed by atoms with Crippen molar-refractivity contribution >= 4 is 43.1 Å². The lowest BCUT2D eigenvalue weighted by Crippen LogP contribution is -2.23. The number of anilines is 3. The van der Waals surface area contributed by atoms with Crippen LogP contribution in [0.4, 0.5) is 17.1 Å². The van der Waals surface area contributed by atoms with Crippen molar-refractivity contribution in [2.24, 2.45) is 0 Å². The van der Waals surface area contributed by atoms with E-state index in [2.05, 4.69) is 21.6 Å². The van der Waals surface area contributed by atoms with Crippen molar-refractivity contribution in [1.82, 2.24) is 0 Å². The first kappa shape index (κ1) is 33.3. The lowest BCUT2D eigenvalue weighted by molar-refractivity contribution is 0.0697. The largest absolute Gasteiger partial charge is 0.478 e. The summed E-state index contributed by atoms with van der Waals surface area (Å²) in [5.41, 5.74) is 3.31. The minimum absolute atomic E-state index is 0.00557. The predicted molar refractivity (Wildman–Crippen MR) is 184 cm³/mol. The van der Waals surface area contributed by atoms with Gasteiger partial charge in [-0.1, -0.05) is 53.6 Å². The van der Waals surface area contributed by atoms with E-state index >= 15 is 0 Å². The van der Waals surface area contributed by atoms with Gasteiger partial charge in [0.2, 0.25) is 0 Å². The minimum atomic E-state index is -4.05. The normalized spacial score (nSPS) is 13.0. The van der Waals surface area contributed by atoms with Crippen LogP contribution in [0.3, 0.4) is 0 Å². The third-order valence-corrected chi connectivity index (χ3v) is 10.2. The Bertz CT molecular complexity index is 2070. The van der Waals surface area contributed by atoms with Crippen molar-refractivity contribution in [2.75, 3.05) is 27.9 Å². The van der Waals surface area contributed by atoms with E-state index in [9.17, 15) is 26.7 Å². The molecule has 0 spiro atoms. The van der Waals surface area contributed by atoms with Crippen LogP contribution < -0.4 is 19.1 Å². The van der Waals surface area contributed by atoms with E-state index < -0.39 is 26.0 Å². The Morgan fingerprint density at radius 1 is 0.766 bits per heavy atom. The number of ether oxygens (including phenoxy) is 1. The van der Waals surface area contributed by atoms with Crippen LogP contribution in [0.2, 0.25) is 0 Å². The first-order valence-electron chi connectivity index (χ1n) is 14.8. The van der Waals surface area contributed by atoms with Crippen LogP contribution in [0, 0.1) is 13.8 Å². The molecule has 4 aromatic rings. The van der Waals surface area contributed by atoms with Crippen molar-refractivity contribution < 1.29 is 31.5 Å². The zero-order chi connectivity index (χ0) is 33.8. The molecule has 0 heterocycles. The van der Waals surface area contributed by atoms with Gasteiger partial charge in [-0.25, -0.2) is 21.6 Å². The number of allylic oxidation sites excluding steroid dienone is 2. The van der Waals surface area contributed by atoms with Gasteiger partial charge in [-0.15, -0.1) is 0 Å². The number of rotatable bonds is 12. The van der Waals surface area contributed by atoms with Gasteiger partial charge in [-0.2, -0.15) is 0 Å². The Labute approximate surface area is 275 Å². The fourth-order valence-corrected chi connectivity index (χ4v) is 7.11. The van der Waals surface area contributed by atoms with Crippen LogP contribution in [0.1, 0.15) is 34.3 Å². The summed E-state index contributed by atoms with van der Waals surface area (Å²) in [6.45, 7) is 4.20. The highest BCUT2D eigenvalue weighted by atomic mass is 32.2. The highest BCUT2D eigenvalue weighted by molar-refractivity contribution is 7.93. The number of carboxylic acid groups (broad SMARTS) is 1. The molecule has 1 aliphatic carbocycles. The van der Waals surface area contributed by atoms with Crippen molar-refractivity contribution in [3.8, 4) is 11.5 Å². The molecule has 0 unspecified atom stereocenters. The molecule has 0 radical (unpaired) electrons. The number of likely N-dealkylation sites (N-methyl/N-ethyl adjacent to an activating group) is 1. The molecule has 10 nitrogen and oxygen atoms in total. The summed E-state index contributed by atoms with van der Waals surface area (Å²) in [5.74, 6) is -0.907. The van der Waals surface area contributed by atoms with Crippen LogP contribution in [0.5, 0.6) is 11.5 Å². The van der Waals surface area contributed by atoms with Crippen LogP contribution in [-0.4, -0.2) is 41.5 Å². The summed E-state index contributed by atoms with van der Waals surface area (Å²) in [6.07, 6.45) is 8.14. The Kier molecular flexibility index (Phi) is 9.73. The molecule has 0 saturated carbocycles. The second-order valence-electron chi connectivity index (χ2n) is 11.2. The van der Waals surface area contributed by atoms with Gasteiger partial charge in [0, 0.05) is 19.7 Å². The molecule has 47 heavy (non-hydrogen) atoms. The minimum Gasteiger partial charge on any atom is -0.478 e. The molecular weight excluding hydrogens is 639 g/mol. The van der Waals surface area contributed by atoms with E-state index in [1.807, 2.05) is 31.9 Å². The first-order chi connectivity index (χ1) is 22.3. The monoisotopic (exact) mass is 673 g/mol. The predicted octanol–water partition coefficient (Wildman–Crippen LogP) is 7.11. The zero-order valence-electron chi connectivity index (χ0n) is 26.1. The van der Waals surface area contributed by atoms with Gasteiger partial charge in [-0.05, 0) is 86.9 Å². The molecule has 0 atom stereocenters. The Balaban J connectivity index is 1.45. The maximum atomic E-state index is 13.3. The molecule has 4 aromatic carbocycles. The van der Waals surface area contributed by atoms with Gasteiger partial charge < -0.3 is 14.7 Å². The third-order valence-electron chi connectivity index (χ3n) is 7.48. The summed E-state index contributed by atoms with van der Waals surface area (Å²) < 4.78 is 63.6. The summed E-state index contributed by atoms with van der Waals surface area (Å²) in [6, 6.07) is 21.5. The maximum absolute atomic E-state index is 13.3. The third kappa shape index (κ3) is 8.21. The standard InChI is InChI=1S/C35H35N3O7S2/c1-24-9-15-29(16-10-24)46(41,42)36-32-19-13-27(21-31(32)35(39)40)45-28-14-20-33(37-47(43,44)30-17-11-25(2)12-18-30)34(22-28)38(3)23-26-7-5-4-6-8-26/h5,7-22,36-37H,4,6,23H2,1-3H3,(H,39,40). The molecule has 0 bridgehead atoms. The molecule has 5 rings (SSSR count). The van der Waals surface area contributed by atoms with Gasteiger partial charge in [-0.3, -0.25) is 9.44 Å². The van der Waals surface area contributed by atoms with Crippen LogP contribution in [-0.2, 0) is 20.0 Å². The lowest BCUT2D eigenvalue weighted by Gasteiger charge is -2.25. The average molecular weight is 674 g/mol. The number of hydrogen-bond acceptors (Lipinski definition) is 7. The van der Waals surface area contributed by atoms with E-state index in [0.717, 1.165) is 29.5 Å². The topological polar surface area (TPSA) is 142 Å².